The molecule has 1 fully saturated rings. The molecule has 0 radical (unpaired) electrons. The molecule has 1 saturated carbocycles. The predicted octanol–water partition coefficient (Wildman–Crippen LogP) is 4.19. The zero-order chi connectivity index (χ0) is 19.9. The fraction of sp³-hybridized carbons (Fsp3) is 0.619. The van der Waals surface area contributed by atoms with Crippen LogP contribution in [0.5, 0.6) is 5.75 Å². The van der Waals surface area contributed by atoms with Crippen LogP contribution in [-0.4, -0.2) is 38.3 Å². The van der Waals surface area contributed by atoms with E-state index in [9.17, 15) is 9.59 Å². The third-order valence-electron chi connectivity index (χ3n) is 5.28. The highest BCUT2D eigenvalue weighted by Crippen LogP contribution is 2.35. The fourth-order valence-electron chi connectivity index (χ4n) is 3.33. The number of benzene rings is 1. The summed E-state index contributed by atoms with van der Waals surface area (Å²) in [5.41, 5.74) is 0.0160. The largest absolute Gasteiger partial charge is 0.493 e. The monoisotopic (exact) mass is 377 g/mol. The predicted molar refractivity (Wildman–Crippen MR) is 104 cm³/mol. The number of anilines is 1. The fourth-order valence-corrected chi connectivity index (χ4v) is 3.33. The average Bonchev–Trinajstić information content (AvgIpc) is 2.69. The van der Waals surface area contributed by atoms with Gasteiger partial charge < -0.3 is 19.5 Å². The van der Waals surface area contributed by atoms with Crippen molar-refractivity contribution in [3.63, 3.8) is 0 Å². The molecular weight excluding hydrogens is 346 g/mol. The van der Waals surface area contributed by atoms with Crippen LogP contribution in [0.15, 0.2) is 18.2 Å². The highest BCUT2D eigenvalue weighted by atomic mass is 16.5. The summed E-state index contributed by atoms with van der Waals surface area (Å²) < 4.78 is 16.2. The first-order chi connectivity index (χ1) is 13.0. The summed E-state index contributed by atoms with van der Waals surface area (Å²) in [4.78, 5) is 25.0. The molecule has 6 heteroatoms. The molecule has 6 nitrogen and oxygen atoms in total. The van der Waals surface area contributed by atoms with E-state index in [4.69, 9.17) is 14.2 Å². The highest BCUT2D eigenvalue weighted by Gasteiger charge is 2.41. The van der Waals surface area contributed by atoms with Gasteiger partial charge in [-0.25, -0.2) is 4.79 Å². The Kier molecular flexibility index (Phi) is 7.66. The number of unbranched alkanes of at least 4 members (excludes halogenated alkanes) is 1. The summed E-state index contributed by atoms with van der Waals surface area (Å²) in [5.74, 6) is 0.394. The lowest BCUT2D eigenvalue weighted by molar-refractivity contribution is -0.142. The molecular formula is C21H31NO5. The lowest BCUT2D eigenvalue weighted by atomic mass is 9.79. The topological polar surface area (TPSA) is 73.9 Å². The van der Waals surface area contributed by atoms with Crippen LogP contribution < -0.4 is 10.1 Å². The van der Waals surface area contributed by atoms with Crippen LogP contribution in [0.1, 0.15) is 62.7 Å². The van der Waals surface area contributed by atoms with Crippen molar-refractivity contribution in [3.05, 3.63) is 23.8 Å². The van der Waals surface area contributed by atoms with Gasteiger partial charge in [0.15, 0.2) is 0 Å². The zero-order valence-electron chi connectivity index (χ0n) is 16.8. The molecule has 0 heterocycles. The van der Waals surface area contributed by atoms with Gasteiger partial charge in [-0.15, -0.1) is 0 Å². The number of hydrogen-bond donors (Lipinski definition) is 1. The van der Waals surface area contributed by atoms with Crippen molar-refractivity contribution >= 4 is 17.6 Å². The molecule has 0 aliphatic heterocycles. The molecule has 1 aliphatic carbocycles. The smallest absolute Gasteiger partial charge is 0.341 e. The van der Waals surface area contributed by atoms with Crippen molar-refractivity contribution < 1.29 is 23.8 Å². The standard InChI is InChI=1S/C21H31NO5/c1-5-6-13-27-18-8-7-16(14-17(18)19(23)25-3)22-20(24)21(26-4)11-9-15(2)10-12-21/h7-8,14-15H,5-6,9-13H2,1-4H3,(H,22,24). The molecule has 0 spiro atoms. The molecule has 0 atom stereocenters. The van der Waals surface area contributed by atoms with E-state index in [1.807, 2.05) is 0 Å². The van der Waals surface area contributed by atoms with E-state index in [-0.39, 0.29) is 5.91 Å². The van der Waals surface area contributed by atoms with E-state index in [1.54, 1.807) is 25.3 Å². The maximum Gasteiger partial charge on any atom is 0.341 e. The maximum absolute atomic E-state index is 12.9. The van der Waals surface area contributed by atoms with E-state index in [0.717, 1.165) is 25.7 Å². The summed E-state index contributed by atoms with van der Waals surface area (Å²) >= 11 is 0. The normalized spacial score (nSPS) is 22.1. The molecule has 1 N–H and O–H groups in total. The number of methoxy groups -OCH3 is 2. The Labute approximate surface area is 161 Å². The van der Waals surface area contributed by atoms with Crippen LogP contribution in [0, 0.1) is 5.92 Å². The molecule has 0 saturated heterocycles. The zero-order valence-corrected chi connectivity index (χ0v) is 16.8. The van der Waals surface area contributed by atoms with E-state index >= 15 is 0 Å². The summed E-state index contributed by atoms with van der Waals surface area (Å²) in [7, 11) is 2.91. The Bertz CT molecular complexity index is 650. The molecule has 0 unspecified atom stereocenters. The number of carbonyl (C=O) groups is 2. The average molecular weight is 377 g/mol. The summed E-state index contributed by atoms with van der Waals surface area (Å²) in [6.45, 7) is 4.79. The highest BCUT2D eigenvalue weighted by molar-refractivity contribution is 5.99. The van der Waals surface area contributed by atoms with E-state index in [0.29, 0.717) is 42.4 Å². The van der Waals surface area contributed by atoms with Crippen LogP contribution in [0.25, 0.3) is 0 Å². The number of esters is 1. The molecule has 150 valence electrons. The van der Waals surface area contributed by atoms with Crippen molar-refractivity contribution in [1.82, 2.24) is 0 Å². The van der Waals surface area contributed by atoms with E-state index < -0.39 is 11.6 Å². The Morgan fingerprint density at radius 1 is 1.22 bits per heavy atom. The molecule has 1 aliphatic rings. The number of ether oxygens (including phenoxy) is 3. The Hall–Kier alpha value is -2.08. The minimum atomic E-state index is -0.811. The first-order valence-electron chi connectivity index (χ1n) is 9.67. The maximum atomic E-state index is 12.9. The van der Waals surface area contributed by atoms with Gasteiger partial charge >= 0.3 is 5.97 Å². The van der Waals surface area contributed by atoms with Crippen LogP contribution in [0.2, 0.25) is 0 Å². The van der Waals surface area contributed by atoms with Crippen LogP contribution in [0.4, 0.5) is 5.69 Å². The van der Waals surface area contributed by atoms with Crippen molar-refractivity contribution in [2.75, 3.05) is 26.1 Å². The second-order valence-corrected chi connectivity index (χ2v) is 7.24. The van der Waals surface area contributed by atoms with Gasteiger partial charge in [0.05, 0.1) is 13.7 Å². The van der Waals surface area contributed by atoms with E-state index in [2.05, 4.69) is 19.2 Å². The molecule has 0 bridgehead atoms. The number of rotatable bonds is 8. The lowest BCUT2D eigenvalue weighted by Gasteiger charge is -2.36. The van der Waals surface area contributed by atoms with Crippen LogP contribution >= 0.6 is 0 Å². The summed E-state index contributed by atoms with van der Waals surface area (Å²) in [5, 5.41) is 2.90. The number of hydrogen-bond acceptors (Lipinski definition) is 5. The van der Waals surface area contributed by atoms with Gasteiger partial charge in [0, 0.05) is 12.8 Å². The van der Waals surface area contributed by atoms with Crippen LogP contribution in [-0.2, 0) is 14.3 Å². The van der Waals surface area contributed by atoms with Gasteiger partial charge in [0.2, 0.25) is 0 Å². The van der Waals surface area contributed by atoms with Crippen molar-refractivity contribution in [2.45, 2.75) is 58.0 Å². The van der Waals surface area contributed by atoms with Crippen molar-refractivity contribution in [2.24, 2.45) is 5.92 Å². The number of carbonyl (C=O) groups excluding carboxylic acids is 2. The SMILES string of the molecule is CCCCOc1ccc(NC(=O)C2(OC)CCC(C)CC2)cc1C(=O)OC. The lowest BCUT2D eigenvalue weighted by Crippen LogP contribution is -2.47. The second kappa shape index (κ2) is 9.74. The van der Waals surface area contributed by atoms with Gasteiger partial charge in [0.1, 0.15) is 16.9 Å². The van der Waals surface area contributed by atoms with Gasteiger partial charge in [0.25, 0.3) is 5.91 Å². The molecule has 0 aromatic heterocycles. The Morgan fingerprint density at radius 2 is 1.93 bits per heavy atom. The first kappa shape index (κ1) is 21.2. The molecule has 1 aromatic carbocycles. The molecule has 1 aromatic rings. The van der Waals surface area contributed by atoms with E-state index in [1.165, 1.54) is 7.11 Å². The van der Waals surface area contributed by atoms with Crippen molar-refractivity contribution in [1.29, 1.82) is 0 Å². The minimum Gasteiger partial charge on any atom is -0.493 e. The number of nitrogens with one attached hydrogen (secondary N) is 1. The Balaban J connectivity index is 2.17. The summed E-state index contributed by atoms with van der Waals surface area (Å²) in [6.07, 6.45) is 5.20. The quantitative estimate of drug-likeness (QED) is 0.543. The Morgan fingerprint density at radius 3 is 2.52 bits per heavy atom. The van der Waals surface area contributed by atoms with Gasteiger partial charge in [-0.3, -0.25) is 4.79 Å². The number of amides is 1. The summed E-state index contributed by atoms with van der Waals surface area (Å²) in [6, 6.07) is 5.03. The molecule has 27 heavy (non-hydrogen) atoms. The molecule has 1 amide bonds. The van der Waals surface area contributed by atoms with Crippen LogP contribution in [0.3, 0.4) is 0 Å². The van der Waals surface area contributed by atoms with Gasteiger partial charge in [-0.2, -0.15) is 0 Å². The third kappa shape index (κ3) is 5.22. The third-order valence-corrected chi connectivity index (χ3v) is 5.28. The minimum absolute atomic E-state index is 0.174. The van der Waals surface area contributed by atoms with Crippen molar-refractivity contribution in [3.8, 4) is 5.75 Å². The van der Waals surface area contributed by atoms with Gasteiger partial charge in [-0.1, -0.05) is 20.3 Å². The second-order valence-electron chi connectivity index (χ2n) is 7.24. The molecule has 2 rings (SSSR count). The first-order valence-corrected chi connectivity index (χ1v) is 9.67. The van der Waals surface area contributed by atoms with Gasteiger partial charge in [-0.05, 0) is 56.2 Å².